The summed E-state index contributed by atoms with van der Waals surface area (Å²) in [5.74, 6) is -21.0. The Kier molecular flexibility index (Phi) is 9.43. The predicted molar refractivity (Wildman–Crippen MR) is 202 cm³/mol. The molecular weight excluding hydrogens is 810 g/mol. The van der Waals surface area contributed by atoms with E-state index in [2.05, 4.69) is 0 Å². The average Bonchev–Trinajstić information content (AvgIpc) is 3.56. The monoisotopic (exact) mass is 838 g/mol. The number of phenolic OH excluding ortho intramolecular Hbond substituents is 1. The summed E-state index contributed by atoms with van der Waals surface area (Å²) in [4.78, 5) is 52.6. The van der Waals surface area contributed by atoms with E-state index in [4.69, 9.17) is 32.7 Å². The second-order valence-corrected chi connectivity index (χ2v) is 15.5. The van der Waals surface area contributed by atoms with Gasteiger partial charge in [-0.2, -0.15) is 0 Å². The van der Waals surface area contributed by atoms with Gasteiger partial charge in [0.2, 0.25) is 17.6 Å². The van der Waals surface area contributed by atoms with Crippen molar-refractivity contribution in [3.63, 3.8) is 0 Å². The highest BCUT2D eigenvalue weighted by molar-refractivity contribution is 6.58. The van der Waals surface area contributed by atoms with E-state index in [0.29, 0.717) is 17.1 Å². The van der Waals surface area contributed by atoms with Gasteiger partial charge in [-0.3, -0.25) is 24.1 Å². The summed E-state index contributed by atoms with van der Waals surface area (Å²) in [7, 11) is 3.07. The van der Waals surface area contributed by atoms with Crippen LogP contribution in [0.25, 0.3) is 12.2 Å². The highest BCUT2D eigenvalue weighted by Gasteiger charge is 2.77. The molecule has 0 bridgehead atoms. The Morgan fingerprint density at radius 2 is 1.41 bits per heavy atom. The molecule has 9 nitrogen and oxygen atoms in total. The number of amides is 4. The maximum Gasteiger partial charge on any atom is 0.258 e. The Labute approximate surface area is 336 Å². The van der Waals surface area contributed by atoms with Crippen LogP contribution < -0.4 is 19.3 Å². The molecule has 0 spiro atoms. The Hall–Kier alpha value is -5.73. The van der Waals surface area contributed by atoms with Crippen LogP contribution in [-0.4, -0.2) is 52.7 Å². The van der Waals surface area contributed by atoms with Gasteiger partial charge >= 0.3 is 0 Å². The number of nitrogens with zero attached hydrogens (tertiary/aromatic N) is 2. The lowest BCUT2D eigenvalue weighted by Crippen LogP contribution is -2.60. The number of carbonyl (C=O) groups is 4. The molecule has 6 unspecified atom stereocenters. The molecule has 0 radical (unpaired) electrons. The van der Waals surface area contributed by atoms with E-state index in [1.54, 1.807) is 60.7 Å². The molecule has 2 saturated heterocycles. The average molecular weight is 840 g/mol. The van der Waals surface area contributed by atoms with E-state index in [0.717, 1.165) is 10.5 Å². The largest absolute Gasteiger partial charge is 0.508 e. The van der Waals surface area contributed by atoms with Gasteiger partial charge in [0.1, 0.15) is 22.9 Å². The molecule has 16 heteroatoms. The molecule has 298 valence electrons. The van der Waals surface area contributed by atoms with Crippen LogP contribution in [0.4, 0.5) is 33.3 Å². The zero-order valence-corrected chi connectivity index (χ0v) is 31.8. The minimum absolute atomic E-state index is 0.0589. The van der Waals surface area contributed by atoms with E-state index in [9.17, 15) is 37.5 Å². The number of aromatic hydroxyl groups is 1. The molecule has 6 atom stereocenters. The van der Waals surface area contributed by atoms with Gasteiger partial charge in [-0.15, -0.1) is 23.2 Å². The van der Waals surface area contributed by atoms with Crippen LogP contribution in [0.1, 0.15) is 35.4 Å². The van der Waals surface area contributed by atoms with Crippen molar-refractivity contribution in [1.82, 2.24) is 0 Å². The number of carbonyl (C=O) groups excluding carboxylic acids is 4. The lowest BCUT2D eigenvalue weighted by atomic mass is 9.56. The number of para-hydroxylation sites is 1. The summed E-state index contributed by atoms with van der Waals surface area (Å²) in [6.45, 7) is 0. The molecule has 1 saturated carbocycles. The minimum Gasteiger partial charge on any atom is -0.508 e. The van der Waals surface area contributed by atoms with Crippen LogP contribution in [0.3, 0.4) is 0 Å². The Morgan fingerprint density at radius 3 is 2.05 bits per heavy atom. The standard InChI is InChI=1S/C42H29Cl2F5N2O7/c1-57-22-13-16-28(58-2)20(17-22)10-7-19-8-11-21(12-9-19)50-37(53)25-15-14-23-26(29(25)38(50)54)18-41(43)39(55)51(36-34(48)32(46)31(45)33(47)35(36)49)40(56)42(41,44)30(23)24-5-3-4-6-27(24)52/h3-14,16-17,25-26,29-30,52H,15,18H2,1-2H3. The Morgan fingerprint density at radius 1 is 0.759 bits per heavy atom. The van der Waals surface area contributed by atoms with Crippen molar-refractivity contribution in [2.45, 2.75) is 28.5 Å². The van der Waals surface area contributed by atoms with Crippen molar-refractivity contribution in [3.8, 4) is 17.2 Å². The van der Waals surface area contributed by atoms with Gasteiger partial charge in [0.15, 0.2) is 33.0 Å². The summed E-state index contributed by atoms with van der Waals surface area (Å²) in [5.41, 5.74) is -0.0872. The van der Waals surface area contributed by atoms with Crippen molar-refractivity contribution in [2.24, 2.45) is 17.8 Å². The normalized spacial score (nSPS) is 26.5. The third-order valence-corrected chi connectivity index (χ3v) is 12.9. The van der Waals surface area contributed by atoms with Gasteiger partial charge in [-0.1, -0.05) is 54.1 Å². The number of anilines is 2. The van der Waals surface area contributed by atoms with Crippen LogP contribution in [0, 0.1) is 46.8 Å². The summed E-state index contributed by atoms with van der Waals surface area (Å²) in [6.07, 6.45) is 4.42. The number of hydrogen-bond acceptors (Lipinski definition) is 7. The summed E-state index contributed by atoms with van der Waals surface area (Å²) in [5, 5.41) is 11.1. The van der Waals surface area contributed by atoms with E-state index in [-0.39, 0.29) is 28.1 Å². The van der Waals surface area contributed by atoms with Gasteiger partial charge in [0, 0.05) is 17.0 Å². The zero-order valence-electron chi connectivity index (χ0n) is 30.2. The maximum absolute atomic E-state index is 15.3. The number of phenols is 1. The van der Waals surface area contributed by atoms with Gasteiger partial charge in [0.05, 0.1) is 31.7 Å². The molecule has 8 rings (SSSR count). The molecule has 2 aliphatic carbocycles. The zero-order chi connectivity index (χ0) is 41.6. The molecule has 0 aromatic heterocycles. The second-order valence-electron chi connectivity index (χ2n) is 14.3. The summed E-state index contributed by atoms with van der Waals surface area (Å²) < 4.78 is 84.4. The molecule has 4 aromatic carbocycles. The fourth-order valence-corrected chi connectivity index (χ4v) is 9.72. The van der Waals surface area contributed by atoms with Gasteiger partial charge < -0.3 is 14.6 Å². The predicted octanol–water partition coefficient (Wildman–Crippen LogP) is 8.04. The van der Waals surface area contributed by atoms with Crippen LogP contribution >= 0.6 is 23.2 Å². The third kappa shape index (κ3) is 5.40. The molecule has 1 N–H and O–H groups in total. The number of imide groups is 2. The van der Waals surface area contributed by atoms with Crippen molar-refractivity contribution < 1.29 is 55.7 Å². The Bertz CT molecular complexity index is 2500. The summed E-state index contributed by atoms with van der Waals surface area (Å²) >= 11 is 14.3. The van der Waals surface area contributed by atoms with Gasteiger partial charge in [-0.05, 0) is 60.7 Å². The first-order valence-electron chi connectivity index (χ1n) is 17.7. The number of fused-ring (bicyclic) bond motifs is 4. The van der Waals surface area contributed by atoms with Crippen molar-refractivity contribution in [2.75, 3.05) is 24.0 Å². The van der Waals surface area contributed by atoms with Crippen LogP contribution in [-0.2, 0) is 19.2 Å². The lowest BCUT2D eigenvalue weighted by Gasteiger charge is -2.50. The first-order chi connectivity index (χ1) is 27.6. The highest BCUT2D eigenvalue weighted by Crippen LogP contribution is 2.66. The number of halogens is 7. The number of allylic oxidation sites excluding steroid dienone is 2. The third-order valence-electron chi connectivity index (χ3n) is 11.5. The highest BCUT2D eigenvalue weighted by atomic mass is 35.5. The van der Waals surface area contributed by atoms with Crippen molar-refractivity contribution in [1.29, 1.82) is 0 Å². The molecule has 58 heavy (non-hydrogen) atoms. The molecule has 2 heterocycles. The van der Waals surface area contributed by atoms with E-state index >= 15 is 8.78 Å². The molecular formula is C42H29Cl2F5N2O7. The lowest BCUT2D eigenvalue weighted by molar-refractivity contribution is -0.125. The van der Waals surface area contributed by atoms with Crippen molar-refractivity contribution >= 4 is 70.4 Å². The van der Waals surface area contributed by atoms with Crippen LogP contribution in [0.5, 0.6) is 17.2 Å². The number of benzene rings is 4. The van der Waals surface area contributed by atoms with Gasteiger partial charge in [0.25, 0.3) is 11.8 Å². The maximum atomic E-state index is 15.3. The number of rotatable bonds is 7. The van der Waals surface area contributed by atoms with Crippen LogP contribution in [0.15, 0.2) is 78.4 Å². The van der Waals surface area contributed by atoms with Crippen molar-refractivity contribution in [3.05, 3.63) is 124 Å². The first kappa shape index (κ1) is 39.1. The smallest absolute Gasteiger partial charge is 0.258 e. The first-order valence-corrected chi connectivity index (χ1v) is 18.5. The van der Waals surface area contributed by atoms with E-state index in [1.807, 2.05) is 0 Å². The molecule has 4 aromatic rings. The fourth-order valence-electron chi connectivity index (χ4n) is 8.79. The molecule has 4 amide bonds. The molecule has 2 aliphatic heterocycles. The number of ether oxygens (including phenoxy) is 2. The molecule has 4 aliphatic rings. The SMILES string of the molecule is COc1ccc(OC)c(C=Cc2ccc(N3C(=O)C4CC=C5C(CC6(Cl)C(=O)N(c7c(F)c(F)c(F)c(F)c7F)C(=O)C6(Cl)C5c5ccccc5O)C4C3=O)cc2)c1. The topological polar surface area (TPSA) is 113 Å². The molecule has 3 fully saturated rings. The number of hydrogen-bond donors (Lipinski definition) is 1. The fraction of sp³-hybridized carbons (Fsp3) is 0.238. The number of alkyl halides is 2. The minimum atomic E-state index is -2.75. The van der Waals surface area contributed by atoms with E-state index in [1.165, 1.54) is 38.5 Å². The number of methoxy groups -OCH3 is 2. The van der Waals surface area contributed by atoms with Gasteiger partial charge in [-0.25, -0.2) is 26.9 Å². The Balaban J connectivity index is 1.18. The second kappa shape index (κ2) is 14.0. The summed E-state index contributed by atoms with van der Waals surface area (Å²) in [6, 6.07) is 17.3. The van der Waals surface area contributed by atoms with E-state index < -0.39 is 104 Å². The quantitative estimate of drug-likeness (QED) is 0.0382. The van der Waals surface area contributed by atoms with Crippen LogP contribution in [0.2, 0.25) is 0 Å².